The normalized spacial score (nSPS) is 11.5. The molecule has 0 saturated heterocycles. The lowest BCUT2D eigenvalue weighted by Gasteiger charge is -2.21. The summed E-state index contributed by atoms with van der Waals surface area (Å²) >= 11 is 6.01. The number of carbonyl (C=O) groups is 3. The van der Waals surface area contributed by atoms with Crippen molar-refractivity contribution in [1.82, 2.24) is 4.72 Å². The molecule has 0 aliphatic rings. The van der Waals surface area contributed by atoms with Gasteiger partial charge in [0.1, 0.15) is 4.90 Å². The number of carbonyl (C=O) groups excluding carboxylic acids is 3. The van der Waals surface area contributed by atoms with Gasteiger partial charge in [-0.15, -0.1) is 0 Å². The fourth-order valence-corrected chi connectivity index (χ4v) is 4.52. The van der Waals surface area contributed by atoms with Gasteiger partial charge in [0, 0.05) is 5.54 Å². The summed E-state index contributed by atoms with van der Waals surface area (Å²) in [5, 5.41) is 2.39. The summed E-state index contributed by atoms with van der Waals surface area (Å²) in [6.07, 6.45) is 0. The van der Waals surface area contributed by atoms with Crippen molar-refractivity contribution >= 4 is 45.2 Å². The number of rotatable bonds is 7. The Labute approximate surface area is 191 Å². The van der Waals surface area contributed by atoms with E-state index < -0.39 is 40.0 Å². The van der Waals surface area contributed by atoms with E-state index in [9.17, 15) is 22.8 Å². The molecule has 2 N–H and O–H groups in total. The van der Waals surface area contributed by atoms with Gasteiger partial charge < -0.3 is 14.8 Å². The number of ether oxygens (including phenoxy) is 2. The standard InChI is InChI=1S/C21H23ClN2O7S/c1-21(2,3)24-32(28,29)17-11-13(9-10-15(17)22)19(26)31-12-18(25)23-16-8-6-5-7-14(16)20(27)30-4/h5-11,24H,12H2,1-4H3,(H,23,25). The maximum atomic E-state index is 12.6. The summed E-state index contributed by atoms with van der Waals surface area (Å²) in [4.78, 5) is 36.0. The molecule has 172 valence electrons. The minimum atomic E-state index is -4.00. The first kappa shape index (κ1) is 25.3. The molecule has 0 atom stereocenters. The first-order valence-electron chi connectivity index (χ1n) is 9.32. The van der Waals surface area contributed by atoms with Gasteiger partial charge in [-0.25, -0.2) is 22.7 Å². The summed E-state index contributed by atoms with van der Waals surface area (Å²) in [6, 6.07) is 9.77. The first-order chi connectivity index (χ1) is 14.8. The third-order valence-electron chi connectivity index (χ3n) is 3.84. The molecule has 32 heavy (non-hydrogen) atoms. The van der Waals surface area contributed by atoms with Crippen LogP contribution in [-0.2, 0) is 24.3 Å². The Balaban J connectivity index is 2.11. The van der Waals surface area contributed by atoms with E-state index >= 15 is 0 Å². The minimum absolute atomic E-state index is 0.0736. The highest BCUT2D eigenvalue weighted by Gasteiger charge is 2.26. The molecular weight excluding hydrogens is 460 g/mol. The molecule has 2 aromatic carbocycles. The van der Waals surface area contributed by atoms with Gasteiger partial charge in [-0.3, -0.25) is 4.79 Å². The van der Waals surface area contributed by atoms with Crippen LogP contribution in [0.1, 0.15) is 41.5 Å². The maximum Gasteiger partial charge on any atom is 0.339 e. The number of anilines is 1. The molecule has 2 rings (SSSR count). The van der Waals surface area contributed by atoms with Gasteiger partial charge in [-0.2, -0.15) is 0 Å². The fourth-order valence-electron chi connectivity index (χ4n) is 2.58. The third kappa shape index (κ3) is 6.78. The summed E-state index contributed by atoms with van der Waals surface area (Å²) < 4.78 is 37.2. The number of nitrogens with one attached hydrogen (secondary N) is 2. The largest absolute Gasteiger partial charge is 0.465 e. The second kappa shape index (κ2) is 10.1. The van der Waals surface area contributed by atoms with Crippen LogP contribution in [0.2, 0.25) is 5.02 Å². The van der Waals surface area contributed by atoms with Crippen LogP contribution in [-0.4, -0.2) is 45.5 Å². The van der Waals surface area contributed by atoms with Crippen molar-refractivity contribution < 1.29 is 32.3 Å². The molecule has 0 spiro atoms. The van der Waals surface area contributed by atoms with Crippen molar-refractivity contribution in [2.24, 2.45) is 0 Å². The van der Waals surface area contributed by atoms with Crippen molar-refractivity contribution in [2.45, 2.75) is 31.2 Å². The van der Waals surface area contributed by atoms with Gasteiger partial charge in [-0.05, 0) is 51.1 Å². The number of esters is 2. The van der Waals surface area contributed by atoms with Crippen molar-refractivity contribution in [3.8, 4) is 0 Å². The Bertz CT molecular complexity index is 1140. The SMILES string of the molecule is COC(=O)c1ccccc1NC(=O)COC(=O)c1ccc(Cl)c(S(=O)(=O)NC(C)(C)C)c1. The third-order valence-corrected chi connectivity index (χ3v) is 6.08. The molecule has 0 heterocycles. The lowest BCUT2D eigenvalue weighted by atomic mass is 10.1. The van der Waals surface area contributed by atoms with Crippen LogP contribution < -0.4 is 10.0 Å². The Kier molecular flexibility index (Phi) is 8.00. The van der Waals surface area contributed by atoms with Crippen LogP contribution in [0.3, 0.4) is 0 Å². The predicted molar refractivity (Wildman–Crippen MR) is 118 cm³/mol. The number of hydrogen-bond acceptors (Lipinski definition) is 7. The van der Waals surface area contributed by atoms with Crippen molar-refractivity contribution in [1.29, 1.82) is 0 Å². The van der Waals surface area contributed by atoms with Gasteiger partial charge in [0.05, 0.1) is 28.9 Å². The average Bonchev–Trinajstić information content (AvgIpc) is 2.70. The Morgan fingerprint density at radius 3 is 2.31 bits per heavy atom. The number of halogens is 1. The molecular formula is C21H23ClN2O7S. The van der Waals surface area contributed by atoms with Crippen LogP contribution in [0.4, 0.5) is 5.69 Å². The number of amides is 1. The van der Waals surface area contributed by atoms with Crippen molar-refractivity contribution in [2.75, 3.05) is 19.0 Å². The minimum Gasteiger partial charge on any atom is -0.465 e. The highest BCUT2D eigenvalue weighted by Crippen LogP contribution is 2.24. The number of para-hydroxylation sites is 1. The van der Waals surface area contributed by atoms with Crippen LogP contribution in [0.5, 0.6) is 0 Å². The average molecular weight is 483 g/mol. The summed E-state index contributed by atoms with van der Waals surface area (Å²) in [6.45, 7) is 4.31. The van der Waals surface area contributed by atoms with E-state index in [-0.39, 0.29) is 26.7 Å². The van der Waals surface area contributed by atoms with E-state index in [4.69, 9.17) is 16.3 Å². The van der Waals surface area contributed by atoms with Crippen molar-refractivity contribution in [3.05, 3.63) is 58.6 Å². The number of sulfonamides is 1. The van der Waals surface area contributed by atoms with E-state index in [1.54, 1.807) is 32.9 Å². The molecule has 0 radical (unpaired) electrons. The molecule has 11 heteroatoms. The zero-order valence-electron chi connectivity index (χ0n) is 17.9. The molecule has 0 saturated carbocycles. The van der Waals surface area contributed by atoms with Gasteiger partial charge in [0.25, 0.3) is 5.91 Å². The topological polar surface area (TPSA) is 128 Å². The van der Waals surface area contributed by atoms with E-state index in [0.29, 0.717) is 0 Å². The highest BCUT2D eigenvalue weighted by atomic mass is 35.5. The quantitative estimate of drug-likeness (QED) is 0.580. The number of hydrogen-bond donors (Lipinski definition) is 2. The molecule has 0 aromatic heterocycles. The van der Waals surface area contributed by atoms with E-state index in [0.717, 1.165) is 6.07 Å². The molecule has 0 unspecified atom stereocenters. The second-order valence-electron chi connectivity index (χ2n) is 7.66. The number of methoxy groups -OCH3 is 1. The molecule has 9 nitrogen and oxygen atoms in total. The molecule has 0 bridgehead atoms. The molecule has 0 aliphatic heterocycles. The maximum absolute atomic E-state index is 12.6. The second-order valence-corrected chi connectivity index (χ2v) is 9.72. The zero-order valence-corrected chi connectivity index (χ0v) is 19.5. The van der Waals surface area contributed by atoms with Crippen LogP contribution in [0.15, 0.2) is 47.4 Å². The van der Waals surface area contributed by atoms with E-state index in [1.807, 2.05) is 0 Å². The Morgan fingerprint density at radius 2 is 1.69 bits per heavy atom. The zero-order chi connectivity index (χ0) is 24.1. The molecule has 0 fully saturated rings. The van der Waals surface area contributed by atoms with Gasteiger partial charge >= 0.3 is 11.9 Å². The van der Waals surface area contributed by atoms with E-state index in [2.05, 4.69) is 14.8 Å². The first-order valence-corrected chi connectivity index (χ1v) is 11.2. The van der Waals surface area contributed by atoms with Crippen LogP contribution in [0.25, 0.3) is 0 Å². The smallest absolute Gasteiger partial charge is 0.339 e. The van der Waals surface area contributed by atoms with E-state index in [1.165, 1.54) is 31.4 Å². The van der Waals surface area contributed by atoms with Crippen LogP contribution >= 0.6 is 11.6 Å². The van der Waals surface area contributed by atoms with Crippen LogP contribution in [0, 0.1) is 0 Å². The predicted octanol–water partition coefficient (Wildman–Crippen LogP) is 3.00. The van der Waals surface area contributed by atoms with Crippen molar-refractivity contribution in [3.63, 3.8) is 0 Å². The molecule has 1 amide bonds. The Morgan fingerprint density at radius 1 is 1.03 bits per heavy atom. The summed E-state index contributed by atoms with van der Waals surface area (Å²) in [5.74, 6) is -2.27. The highest BCUT2D eigenvalue weighted by molar-refractivity contribution is 7.89. The summed E-state index contributed by atoms with van der Waals surface area (Å²) in [7, 11) is -2.80. The lowest BCUT2D eigenvalue weighted by Crippen LogP contribution is -2.40. The molecule has 0 aliphatic carbocycles. The summed E-state index contributed by atoms with van der Waals surface area (Å²) in [5.41, 5.74) is -0.550. The fraction of sp³-hybridized carbons (Fsp3) is 0.286. The lowest BCUT2D eigenvalue weighted by molar-refractivity contribution is -0.119. The Hall–Kier alpha value is -2.95. The molecule has 2 aromatic rings. The van der Waals surface area contributed by atoms with Gasteiger partial charge in [-0.1, -0.05) is 23.7 Å². The number of benzene rings is 2. The monoisotopic (exact) mass is 482 g/mol. The van der Waals surface area contributed by atoms with Gasteiger partial charge in [0.2, 0.25) is 10.0 Å². The van der Waals surface area contributed by atoms with Gasteiger partial charge in [0.15, 0.2) is 6.61 Å².